The van der Waals surface area contributed by atoms with Crippen molar-refractivity contribution in [1.82, 2.24) is 0 Å². The number of rotatable bonds is 6. The number of anilines is 1. The first-order valence-corrected chi connectivity index (χ1v) is 5.94. The van der Waals surface area contributed by atoms with Gasteiger partial charge < -0.3 is 5.73 Å². The minimum absolute atomic E-state index is 0.239. The van der Waals surface area contributed by atoms with Gasteiger partial charge in [0.25, 0.3) is 0 Å². The van der Waals surface area contributed by atoms with E-state index in [-0.39, 0.29) is 5.11 Å². The maximum atomic E-state index is 5.62. The van der Waals surface area contributed by atoms with Crippen LogP contribution in [0.2, 0.25) is 0 Å². The first kappa shape index (κ1) is 12.9. The molecule has 0 aromatic heterocycles. The van der Waals surface area contributed by atoms with Gasteiger partial charge in [-0.2, -0.15) is 5.06 Å². The van der Waals surface area contributed by atoms with Gasteiger partial charge in [0.05, 0.1) is 12.3 Å². The van der Waals surface area contributed by atoms with E-state index in [0.717, 1.165) is 18.5 Å². The molecule has 0 atom stereocenters. The zero-order valence-electron chi connectivity index (χ0n) is 9.56. The molecule has 16 heavy (non-hydrogen) atoms. The van der Waals surface area contributed by atoms with Crippen molar-refractivity contribution in [2.75, 3.05) is 11.7 Å². The van der Waals surface area contributed by atoms with Crippen LogP contribution in [0.5, 0.6) is 0 Å². The first-order chi connectivity index (χ1) is 7.75. The highest BCUT2D eigenvalue weighted by molar-refractivity contribution is 7.80. The number of thiocarbonyl (C=S) groups is 1. The average Bonchev–Trinajstić information content (AvgIpc) is 2.30. The summed E-state index contributed by atoms with van der Waals surface area (Å²) >= 11 is 4.96. The molecule has 0 aliphatic heterocycles. The number of hydrogen-bond donors (Lipinski definition) is 1. The fourth-order valence-corrected chi connectivity index (χ4v) is 1.49. The lowest BCUT2D eigenvalue weighted by Gasteiger charge is -2.21. The zero-order valence-corrected chi connectivity index (χ0v) is 10.4. The molecule has 0 bridgehead atoms. The summed E-state index contributed by atoms with van der Waals surface area (Å²) in [5, 5.41) is 1.74. The maximum Gasteiger partial charge on any atom is 0.195 e. The van der Waals surface area contributed by atoms with Gasteiger partial charge in [-0.15, -0.1) is 0 Å². The van der Waals surface area contributed by atoms with E-state index < -0.39 is 0 Å². The molecule has 0 aliphatic carbocycles. The fourth-order valence-electron chi connectivity index (χ4n) is 1.34. The Morgan fingerprint density at radius 2 is 2.00 bits per heavy atom. The molecule has 0 fully saturated rings. The lowest BCUT2D eigenvalue weighted by molar-refractivity contribution is 0.139. The van der Waals surface area contributed by atoms with E-state index in [9.17, 15) is 0 Å². The highest BCUT2D eigenvalue weighted by Crippen LogP contribution is 2.13. The fraction of sp³-hybridized carbons (Fsp3) is 0.417. The topological polar surface area (TPSA) is 38.5 Å². The van der Waals surface area contributed by atoms with Crippen LogP contribution in [0.1, 0.15) is 26.2 Å². The van der Waals surface area contributed by atoms with Gasteiger partial charge in [0.1, 0.15) is 0 Å². The molecule has 0 aliphatic rings. The van der Waals surface area contributed by atoms with Gasteiger partial charge in [-0.25, -0.2) is 0 Å². The van der Waals surface area contributed by atoms with Crippen molar-refractivity contribution in [2.45, 2.75) is 26.2 Å². The van der Waals surface area contributed by atoms with Crippen molar-refractivity contribution in [2.24, 2.45) is 5.73 Å². The Morgan fingerprint density at radius 1 is 1.31 bits per heavy atom. The SMILES string of the molecule is CCCCCON(C(N)=S)c1ccccc1. The van der Waals surface area contributed by atoms with Gasteiger partial charge in [0.2, 0.25) is 0 Å². The second kappa shape index (κ2) is 7.19. The molecule has 0 amide bonds. The molecule has 1 rings (SSSR count). The zero-order chi connectivity index (χ0) is 11.8. The molecule has 0 radical (unpaired) electrons. The molecule has 0 heterocycles. The average molecular weight is 238 g/mol. The van der Waals surface area contributed by atoms with Crippen LogP contribution in [0.3, 0.4) is 0 Å². The number of benzene rings is 1. The predicted octanol–water partition coefficient (Wildman–Crippen LogP) is 2.86. The summed E-state index contributed by atoms with van der Waals surface area (Å²) in [5.41, 5.74) is 6.48. The molecule has 3 nitrogen and oxygen atoms in total. The highest BCUT2D eigenvalue weighted by atomic mass is 32.1. The summed E-state index contributed by atoms with van der Waals surface area (Å²) in [5.74, 6) is 0. The van der Waals surface area contributed by atoms with E-state index in [2.05, 4.69) is 6.92 Å². The minimum Gasteiger partial charge on any atom is -0.374 e. The van der Waals surface area contributed by atoms with Crippen LogP contribution >= 0.6 is 12.2 Å². The predicted molar refractivity (Wildman–Crippen MR) is 71.2 cm³/mol. The number of nitrogens with zero attached hydrogens (tertiary/aromatic N) is 1. The van der Waals surface area contributed by atoms with Crippen molar-refractivity contribution >= 4 is 23.0 Å². The molecule has 0 spiro atoms. The van der Waals surface area contributed by atoms with E-state index in [0.29, 0.717) is 6.61 Å². The van der Waals surface area contributed by atoms with E-state index >= 15 is 0 Å². The normalized spacial score (nSPS) is 10.1. The molecule has 0 saturated carbocycles. The van der Waals surface area contributed by atoms with E-state index in [1.165, 1.54) is 11.5 Å². The second-order valence-electron chi connectivity index (χ2n) is 3.51. The second-order valence-corrected chi connectivity index (χ2v) is 3.93. The van der Waals surface area contributed by atoms with Crippen LogP contribution in [-0.2, 0) is 4.84 Å². The Labute approximate surface area is 102 Å². The molecule has 1 aromatic carbocycles. The lowest BCUT2D eigenvalue weighted by Crippen LogP contribution is -2.35. The summed E-state index contributed by atoms with van der Waals surface area (Å²) in [6, 6.07) is 9.63. The summed E-state index contributed by atoms with van der Waals surface area (Å²) in [4.78, 5) is 5.56. The standard InChI is InChI=1S/C12H18N2OS/c1-2-3-7-10-15-14(12(13)16)11-8-5-4-6-9-11/h4-6,8-9H,2-3,7,10H2,1H3,(H2,13,16). The quantitative estimate of drug-likeness (QED) is 0.470. The van der Waals surface area contributed by atoms with Gasteiger partial charge in [-0.3, -0.25) is 4.84 Å². The van der Waals surface area contributed by atoms with Crippen LogP contribution in [0, 0.1) is 0 Å². The summed E-state index contributed by atoms with van der Waals surface area (Å²) < 4.78 is 0. The number of hydrogen-bond acceptors (Lipinski definition) is 2. The largest absolute Gasteiger partial charge is 0.374 e. The van der Waals surface area contributed by atoms with E-state index in [4.69, 9.17) is 22.8 Å². The minimum atomic E-state index is 0.239. The van der Waals surface area contributed by atoms with Crippen molar-refractivity contribution < 1.29 is 4.84 Å². The van der Waals surface area contributed by atoms with Gasteiger partial charge in [-0.05, 0) is 30.8 Å². The van der Waals surface area contributed by atoms with Crippen molar-refractivity contribution in [3.05, 3.63) is 30.3 Å². The lowest BCUT2D eigenvalue weighted by atomic mass is 10.3. The van der Waals surface area contributed by atoms with Crippen LogP contribution in [0.15, 0.2) is 30.3 Å². The Morgan fingerprint density at radius 3 is 2.56 bits per heavy atom. The Kier molecular flexibility index (Phi) is 5.82. The molecule has 4 heteroatoms. The van der Waals surface area contributed by atoms with Crippen LogP contribution in [-0.4, -0.2) is 11.7 Å². The van der Waals surface area contributed by atoms with Gasteiger partial charge in [0.15, 0.2) is 5.11 Å². The van der Waals surface area contributed by atoms with E-state index in [1.807, 2.05) is 30.3 Å². The number of unbranched alkanes of at least 4 members (excludes halogenated alkanes) is 2. The Bertz CT molecular complexity index is 316. The van der Waals surface area contributed by atoms with Gasteiger partial charge >= 0.3 is 0 Å². The third kappa shape index (κ3) is 4.16. The van der Waals surface area contributed by atoms with Crippen molar-refractivity contribution in [3.8, 4) is 0 Å². The first-order valence-electron chi connectivity index (χ1n) is 5.53. The molecule has 0 unspecified atom stereocenters. The number of para-hydroxylation sites is 1. The molecular weight excluding hydrogens is 220 g/mol. The highest BCUT2D eigenvalue weighted by Gasteiger charge is 2.08. The number of hydroxylamine groups is 1. The summed E-state index contributed by atoms with van der Waals surface area (Å²) in [6.45, 7) is 2.79. The Hall–Kier alpha value is -1.13. The monoisotopic (exact) mass is 238 g/mol. The molecule has 88 valence electrons. The smallest absolute Gasteiger partial charge is 0.195 e. The van der Waals surface area contributed by atoms with Crippen LogP contribution < -0.4 is 10.8 Å². The van der Waals surface area contributed by atoms with Gasteiger partial charge in [0, 0.05) is 0 Å². The van der Waals surface area contributed by atoms with Crippen molar-refractivity contribution in [1.29, 1.82) is 0 Å². The molecular formula is C12H18N2OS. The van der Waals surface area contributed by atoms with Crippen LogP contribution in [0.25, 0.3) is 0 Å². The number of nitrogens with two attached hydrogens (primary N) is 1. The van der Waals surface area contributed by atoms with Crippen LogP contribution in [0.4, 0.5) is 5.69 Å². The third-order valence-electron chi connectivity index (χ3n) is 2.16. The molecule has 0 saturated heterocycles. The summed E-state index contributed by atoms with van der Waals surface area (Å²) in [6.07, 6.45) is 3.34. The maximum absolute atomic E-state index is 5.62. The summed E-state index contributed by atoms with van der Waals surface area (Å²) in [7, 11) is 0. The van der Waals surface area contributed by atoms with E-state index in [1.54, 1.807) is 0 Å². The molecule has 2 N–H and O–H groups in total. The van der Waals surface area contributed by atoms with Gasteiger partial charge in [-0.1, -0.05) is 38.0 Å². The molecule has 1 aromatic rings. The van der Waals surface area contributed by atoms with Crippen molar-refractivity contribution in [3.63, 3.8) is 0 Å². The Balaban J connectivity index is 2.52. The third-order valence-corrected chi connectivity index (χ3v) is 2.32.